The number of aromatic nitrogens is 2. The van der Waals surface area contributed by atoms with Crippen molar-refractivity contribution in [1.82, 2.24) is 19.8 Å². The summed E-state index contributed by atoms with van der Waals surface area (Å²) >= 11 is 0. The van der Waals surface area contributed by atoms with E-state index in [0.29, 0.717) is 28.9 Å². The highest BCUT2D eigenvalue weighted by molar-refractivity contribution is 6.02. The first-order valence-electron chi connectivity index (χ1n) is 15.7. The molecule has 0 bridgehead atoms. The van der Waals surface area contributed by atoms with E-state index in [1.807, 2.05) is 32.0 Å². The summed E-state index contributed by atoms with van der Waals surface area (Å²) in [6.45, 7) is 13.5. The van der Waals surface area contributed by atoms with Gasteiger partial charge in [-0.05, 0) is 76.2 Å². The van der Waals surface area contributed by atoms with E-state index in [4.69, 9.17) is 4.74 Å². The molecule has 47 heavy (non-hydrogen) atoms. The summed E-state index contributed by atoms with van der Waals surface area (Å²) in [5.41, 5.74) is 2.76. The van der Waals surface area contributed by atoms with Crippen LogP contribution in [0.1, 0.15) is 42.6 Å². The standard InChI is InChI=1S/C34H41N9O4/c1-5-31(44)37-29-19-26(42-12-10-25(11-13-42)43-16-14-41(4)15-17-43)7-9-27(29)39-34-36-21-24(20-35)32(40-34)38-28-8-6-23(33(45)46)18-30(28)47-22(2)3/h5-9,18-19,21-22,25H,1,10-17H2,2-4H3,(H,37,44)(H,45,46)(H2,36,38,39,40). The summed E-state index contributed by atoms with van der Waals surface area (Å²) in [6.07, 6.45) is 4.52. The lowest BCUT2D eigenvalue weighted by Crippen LogP contribution is -2.52. The van der Waals surface area contributed by atoms with Crippen molar-refractivity contribution in [3.05, 3.63) is 66.4 Å². The van der Waals surface area contributed by atoms with Gasteiger partial charge in [-0.3, -0.25) is 9.69 Å². The number of likely N-dealkylation sites (N-methyl/N-ethyl adjacent to an activating group) is 1. The molecule has 1 aromatic heterocycles. The average Bonchev–Trinajstić information content (AvgIpc) is 3.06. The molecule has 0 spiro atoms. The van der Waals surface area contributed by atoms with Crippen molar-refractivity contribution < 1.29 is 19.4 Å². The molecule has 0 radical (unpaired) electrons. The lowest BCUT2D eigenvalue weighted by atomic mass is 10.0. The molecule has 0 aliphatic carbocycles. The molecule has 4 N–H and O–H groups in total. The van der Waals surface area contributed by atoms with E-state index >= 15 is 0 Å². The lowest BCUT2D eigenvalue weighted by molar-refractivity contribution is -0.111. The third-order valence-corrected chi connectivity index (χ3v) is 8.33. The second-order valence-electron chi connectivity index (χ2n) is 12.0. The minimum absolute atomic E-state index is 0.0636. The van der Waals surface area contributed by atoms with Crippen LogP contribution in [0.4, 0.5) is 34.5 Å². The van der Waals surface area contributed by atoms with Crippen molar-refractivity contribution in [3.63, 3.8) is 0 Å². The van der Waals surface area contributed by atoms with Crippen LogP contribution in [0.3, 0.4) is 0 Å². The van der Waals surface area contributed by atoms with E-state index in [0.717, 1.165) is 57.8 Å². The molecular formula is C34H41N9O4. The zero-order valence-corrected chi connectivity index (χ0v) is 27.0. The topological polar surface area (TPSA) is 159 Å². The van der Waals surface area contributed by atoms with Gasteiger partial charge in [-0.15, -0.1) is 0 Å². The number of carboxylic acid groups (broad SMARTS) is 1. The number of benzene rings is 2. The van der Waals surface area contributed by atoms with E-state index in [9.17, 15) is 20.0 Å². The third-order valence-electron chi connectivity index (χ3n) is 8.33. The second kappa shape index (κ2) is 14.9. The van der Waals surface area contributed by atoms with Crippen LogP contribution in [-0.4, -0.2) is 95.2 Å². The van der Waals surface area contributed by atoms with Crippen molar-refractivity contribution in [2.24, 2.45) is 0 Å². The molecule has 3 aromatic rings. The van der Waals surface area contributed by atoms with Crippen LogP contribution in [0, 0.1) is 11.3 Å². The third kappa shape index (κ3) is 8.35. The van der Waals surface area contributed by atoms with Gasteiger partial charge in [0.25, 0.3) is 0 Å². The van der Waals surface area contributed by atoms with Gasteiger partial charge in [0, 0.05) is 51.0 Å². The molecule has 13 nitrogen and oxygen atoms in total. The Morgan fingerprint density at radius 3 is 2.43 bits per heavy atom. The van der Waals surface area contributed by atoms with Crippen LogP contribution in [0.15, 0.2) is 55.3 Å². The summed E-state index contributed by atoms with van der Waals surface area (Å²) in [6, 6.07) is 12.9. The highest BCUT2D eigenvalue weighted by atomic mass is 16.5. The van der Waals surface area contributed by atoms with Crippen LogP contribution in [0.5, 0.6) is 5.75 Å². The number of carbonyl (C=O) groups excluding carboxylic acids is 1. The Morgan fingerprint density at radius 1 is 1.04 bits per heavy atom. The normalized spacial score (nSPS) is 15.9. The smallest absolute Gasteiger partial charge is 0.335 e. The van der Waals surface area contributed by atoms with Gasteiger partial charge in [0.1, 0.15) is 17.4 Å². The van der Waals surface area contributed by atoms with Gasteiger partial charge in [0.05, 0.1) is 34.9 Å². The Bertz CT molecular complexity index is 1660. The summed E-state index contributed by atoms with van der Waals surface area (Å²) in [4.78, 5) is 40.2. The predicted octanol–water partition coefficient (Wildman–Crippen LogP) is 4.66. The fourth-order valence-corrected chi connectivity index (χ4v) is 5.78. The number of rotatable bonds is 11. The molecular weight excluding hydrogens is 598 g/mol. The quantitative estimate of drug-likeness (QED) is 0.215. The summed E-state index contributed by atoms with van der Waals surface area (Å²) in [5.74, 6) is -0.774. The second-order valence-corrected chi connectivity index (χ2v) is 12.0. The van der Waals surface area contributed by atoms with Crippen LogP contribution in [0.25, 0.3) is 0 Å². The van der Waals surface area contributed by atoms with Crippen LogP contribution >= 0.6 is 0 Å². The molecule has 2 aromatic carbocycles. The number of nitrogens with zero attached hydrogens (tertiary/aromatic N) is 6. The van der Waals surface area contributed by atoms with E-state index < -0.39 is 5.97 Å². The first-order chi connectivity index (χ1) is 22.6. The molecule has 1 amide bonds. The van der Waals surface area contributed by atoms with E-state index in [-0.39, 0.29) is 34.9 Å². The van der Waals surface area contributed by atoms with Crippen LogP contribution in [0.2, 0.25) is 0 Å². The van der Waals surface area contributed by atoms with Crippen molar-refractivity contribution in [2.75, 3.05) is 67.2 Å². The Kier molecular flexibility index (Phi) is 10.5. The Labute approximate surface area is 274 Å². The van der Waals surface area contributed by atoms with Crippen molar-refractivity contribution in [1.29, 1.82) is 5.26 Å². The average molecular weight is 640 g/mol. The first kappa shape index (κ1) is 33.2. The van der Waals surface area contributed by atoms with Gasteiger partial charge < -0.3 is 35.6 Å². The van der Waals surface area contributed by atoms with E-state index in [1.54, 1.807) is 6.07 Å². The van der Waals surface area contributed by atoms with Gasteiger partial charge in [-0.1, -0.05) is 6.58 Å². The highest BCUT2D eigenvalue weighted by Crippen LogP contribution is 2.34. The largest absolute Gasteiger partial charge is 0.489 e. The number of carboxylic acids is 1. The van der Waals surface area contributed by atoms with Crippen molar-refractivity contribution >= 4 is 46.4 Å². The predicted molar refractivity (Wildman–Crippen MR) is 182 cm³/mol. The summed E-state index contributed by atoms with van der Waals surface area (Å²) < 4.78 is 5.85. The number of anilines is 6. The van der Waals surface area contributed by atoms with Gasteiger partial charge in [-0.25, -0.2) is 9.78 Å². The zero-order chi connectivity index (χ0) is 33.5. The van der Waals surface area contributed by atoms with Crippen LogP contribution in [-0.2, 0) is 4.79 Å². The Balaban J connectivity index is 1.36. The zero-order valence-electron chi connectivity index (χ0n) is 27.0. The fraction of sp³-hybridized carbons (Fsp3) is 0.382. The number of aromatic carboxylic acids is 1. The monoisotopic (exact) mass is 639 g/mol. The molecule has 2 aliphatic rings. The van der Waals surface area contributed by atoms with Gasteiger partial charge in [0.2, 0.25) is 11.9 Å². The molecule has 2 saturated heterocycles. The number of piperazine rings is 1. The highest BCUT2D eigenvalue weighted by Gasteiger charge is 2.27. The molecule has 3 heterocycles. The molecule has 2 fully saturated rings. The number of nitriles is 1. The number of carbonyl (C=O) groups is 2. The fourth-order valence-electron chi connectivity index (χ4n) is 5.78. The van der Waals surface area contributed by atoms with Crippen molar-refractivity contribution in [3.8, 4) is 11.8 Å². The van der Waals surface area contributed by atoms with Gasteiger partial charge >= 0.3 is 5.97 Å². The first-order valence-corrected chi connectivity index (χ1v) is 15.7. The molecule has 0 atom stereocenters. The molecule has 13 heteroatoms. The number of ether oxygens (including phenoxy) is 1. The molecule has 0 saturated carbocycles. The Hall–Kier alpha value is -5.19. The Morgan fingerprint density at radius 2 is 1.77 bits per heavy atom. The molecule has 246 valence electrons. The number of nitrogens with one attached hydrogen (secondary N) is 3. The summed E-state index contributed by atoms with van der Waals surface area (Å²) in [5, 5.41) is 28.4. The SMILES string of the molecule is C=CC(=O)Nc1cc(N2CCC(N3CCN(C)CC3)CC2)ccc1Nc1ncc(C#N)c(Nc2ccc(C(=O)O)cc2OC(C)C)n1. The number of hydrogen-bond acceptors (Lipinski definition) is 11. The maximum absolute atomic E-state index is 12.4. The van der Waals surface area contributed by atoms with E-state index in [1.165, 1.54) is 24.4 Å². The number of piperidine rings is 1. The number of hydrogen-bond donors (Lipinski definition) is 4. The van der Waals surface area contributed by atoms with E-state index in [2.05, 4.69) is 60.3 Å². The van der Waals surface area contributed by atoms with Gasteiger partial charge in [-0.2, -0.15) is 10.2 Å². The molecule has 2 aliphatic heterocycles. The van der Waals surface area contributed by atoms with Crippen molar-refractivity contribution in [2.45, 2.75) is 38.8 Å². The molecule has 5 rings (SSSR count). The minimum Gasteiger partial charge on any atom is -0.489 e. The molecule has 0 unspecified atom stereocenters. The summed E-state index contributed by atoms with van der Waals surface area (Å²) in [7, 11) is 2.17. The minimum atomic E-state index is -1.09. The number of amides is 1. The lowest BCUT2D eigenvalue weighted by Gasteiger charge is -2.42. The van der Waals surface area contributed by atoms with Crippen LogP contribution < -0.4 is 25.6 Å². The van der Waals surface area contributed by atoms with Gasteiger partial charge in [0.15, 0.2) is 5.82 Å². The maximum atomic E-state index is 12.4. The maximum Gasteiger partial charge on any atom is 0.335 e.